The summed E-state index contributed by atoms with van der Waals surface area (Å²) in [6, 6.07) is 3.75. The number of anilines is 1. The molecule has 0 saturated carbocycles. The second-order valence-corrected chi connectivity index (χ2v) is 6.90. The van der Waals surface area contributed by atoms with E-state index in [1.807, 2.05) is 32.9 Å². The summed E-state index contributed by atoms with van der Waals surface area (Å²) < 4.78 is 3.51. The summed E-state index contributed by atoms with van der Waals surface area (Å²) in [5, 5.41) is 10.1. The first-order chi connectivity index (χ1) is 13.0. The second-order valence-electron chi connectivity index (χ2n) is 6.90. The molecule has 0 unspecified atom stereocenters. The monoisotopic (exact) mass is 368 g/mol. The quantitative estimate of drug-likeness (QED) is 0.744. The number of nitrogens with one attached hydrogen (secondary N) is 2. The number of rotatable bonds is 3. The SMILES string of the molecule is CCn1c(=O)n(CC)c2cc(NC(=O)N3CCc4[nH]ncc4C3)c(C)cc21. The van der Waals surface area contributed by atoms with Gasteiger partial charge in [-0.2, -0.15) is 5.10 Å². The Kier molecular flexibility index (Phi) is 4.25. The number of hydrogen-bond acceptors (Lipinski definition) is 3. The van der Waals surface area contributed by atoms with Crippen molar-refractivity contribution in [3.8, 4) is 0 Å². The van der Waals surface area contributed by atoms with Gasteiger partial charge in [0.05, 0.1) is 23.8 Å². The van der Waals surface area contributed by atoms with Crippen LogP contribution >= 0.6 is 0 Å². The number of aromatic nitrogens is 4. The molecule has 8 nitrogen and oxygen atoms in total. The maximum Gasteiger partial charge on any atom is 0.329 e. The molecular formula is C19H24N6O2. The summed E-state index contributed by atoms with van der Waals surface area (Å²) in [5.74, 6) is 0. The van der Waals surface area contributed by atoms with Crippen molar-refractivity contribution in [1.82, 2.24) is 24.2 Å². The van der Waals surface area contributed by atoms with Crippen LogP contribution in [0.2, 0.25) is 0 Å². The average molecular weight is 368 g/mol. The van der Waals surface area contributed by atoms with Gasteiger partial charge in [-0.25, -0.2) is 9.59 Å². The summed E-state index contributed by atoms with van der Waals surface area (Å²) in [5.41, 5.74) is 5.57. The summed E-state index contributed by atoms with van der Waals surface area (Å²) >= 11 is 0. The van der Waals surface area contributed by atoms with Gasteiger partial charge in [-0.05, 0) is 38.5 Å². The Balaban J connectivity index is 1.65. The van der Waals surface area contributed by atoms with Gasteiger partial charge in [0.25, 0.3) is 0 Å². The Morgan fingerprint density at radius 2 is 1.93 bits per heavy atom. The molecule has 4 rings (SSSR count). The fourth-order valence-electron chi connectivity index (χ4n) is 3.80. The molecule has 2 N–H and O–H groups in total. The van der Waals surface area contributed by atoms with Crippen molar-refractivity contribution >= 4 is 22.8 Å². The number of amides is 2. The zero-order valence-corrected chi connectivity index (χ0v) is 15.9. The summed E-state index contributed by atoms with van der Waals surface area (Å²) in [6.45, 7) is 8.27. The highest BCUT2D eigenvalue weighted by Gasteiger charge is 2.23. The molecule has 0 radical (unpaired) electrons. The van der Waals surface area contributed by atoms with Gasteiger partial charge < -0.3 is 10.2 Å². The molecule has 0 spiro atoms. The van der Waals surface area contributed by atoms with Crippen LogP contribution in [-0.2, 0) is 26.1 Å². The van der Waals surface area contributed by atoms with Crippen molar-refractivity contribution in [2.45, 2.75) is 46.8 Å². The van der Waals surface area contributed by atoms with E-state index in [2.05, 4.69) is 15.5 Å². The highest BCUT2D eigenvalue weighted by atomic mass is 16.2. The van der Waals surface area contributed by atoms with Crippen LogP contribution in [0.5, 0.6) is 0 Å². The summed E-state index contributed by atoms with van der Waals surface area (Å²) in [7, 11) is 0. The third-order valence-electron chi connectivity index (χ3n) is 5.33. The first-order valence-corrected chi connectivity index (χ1v) is 9.34. The minimum absolute atomic E-state index is 0.0126. The molecule has 2 amide bonds. The number of carbonyl (C=O) groups is 1. The van der Waals surface area contributed by atoms with Gasteiger partial charge in [0.2, 0.25) is 0 Å². The van der Waals surface area contributed by atoms with Gasteiger partial charge in [0.15, 0.2) is 0 Å². The molecule has 1 aliphatic rings. The molecule has 0 fully saturated rings. The number of aryl methyl sites for hydroxylation is 3. The molecule has 27 heavy (non-hydrogen) atoms. The van der Waals surface area contributed by atoms with E-state index in [4.69, 9.17) is 0 Å². The van der Waals surface area contributed by atoms with Crippen LogP contribution in [-0.4, -0.2) is 36.8 Å². The van der Waals surface area contributed by atoms with Gasteiger partial charge in [-0.1, -0.05) is 0 Å². The number of fused-ring (bicyclic) bond motifs is 2. The Morgan fingerprint density at radius 3 is 2.63 bits per heavy atom. The van der Waals surface area contributed by atoms with Crippen LogP contribution in [0.1, 0.15) is 30.7 Å². The standard InChI is InChI=1S/C19H24N6O2/c1-4-24-16-8-12(3)15(9-17(16)25(5-2)19(24)27)21-18(26)23-7-6-14-13(11-23)10-20-22-14/h8-10H,4-7,11H2,1-3H3,(H,20,22)(H,21,26). The van der Waals surface area contributed by atoms with Crippen LogP contribution < -0.4 is 11.0 Å². The Hall–Kier alpha value is -3.03. The van der Waals surface area contributed by atoms with Gasteiger partial charge in [0.1, 0.15) is 0 Å². The first kappa shape index (κ1) is 17.4. The normalized spacial score (nSPS) is 13.8. The van der Waals surface area contributed by atoms with E-state index >= 15 is 0 Å². The van der Waals surface area contributed by atoms with Crippen molar-refractivity contribution in [3.63, 3.8) is 0 Å². The van der Waals surface area contributed by atoms with Gasteiger partial charge in [-0.3, -0.25) is 14.2 Å². The smallest absolute Gasteiger partial charge is 0.320 e. The Labute approximate surface area is 156 Å². The van der Waals surface area contributed by atoms with Crippen molar-refractivity contribution in [3.05, 3.63) is 45.6 Å². The predicted molar refractivity (Wildman–Crippen MR) is 104 cm³/mol. The maximum absolute atomic E-state index is 12.8. The predicted octanol–water partition coefficient (Wildman–Crippen LogP) is 2.46. The zero-order valence-electron chi connectivity index (χ0n) is 15.9. The average Bonchev–Trinajstić information content (AvgIpc) is 3.22. The lowest BCUT2D eigenvalue weighted by molar-refractivity contribution is 0.206. The number of urea groups is 1. The van der Waals surface area contributed by atoms with Crippen molar-refractivity contribution in [1.29, 1.82) is 0 Å². The van der Waals surface area contributed by atoms with Crippen LogP contribution in [0.3, 0.4) is 0 Å². The van der Waals surface area contributed by atoms with E-state index < -0.39 is 0 Å². The molecule has 0 aliphatic carbocycles. The van der Waals surface area contributed by atoms with E-state index in [9.17, 15) is 9.59 Å². The molecule has 142 valence electrons. The molecule has 3 heterocycles. The third-order valence-corrected chi connectivity index (χ3v) is 5.33. The number of nitrogens with zero attached hydrogens (tertiary/aromatic N) is 4. The van der Waals surface area contributed by atoms with E-state index in [-0.39, 0.29) is 11.7 Å². The van der Waals surface area contributed by atoms with Crippen LogP contribution in [0, 0.1) is 6.92 Å². The Bertz CT molecular complexity index is 1070. The van der Waals surface area contributed by atoms with Gasteiger partial charge in [-0.15, -0.1) is 0 Å². The fourth-order valence-corrected chi connectivity index (χ4v) is 3.80. The minimum Gasteiger partial charge on any atom is -0.320 e. The second kappa shape index (κ2) is 6.61. The van der Waals surface area contributed by atoms with Crippen LogP contribution in [0.25, 0.3) is 11.0 Å². The molecule has 8 heteroatoms. The topological polar surface area (TPSA) is 88.0 Å². The van der Waals surface area contributed by atoms with Crippen LogP contribution in [0.15, 0.2) is 23.1 Å². The molecule has 0 saturated heterocycles. The number of benzene rings is 1. The molecule has 1 aromatic carbocycles. The lowest BCUT2D eigenvalue weighted by Gasteiger charge is -2.27. The lowest BCUT2D eigenvalue weighted by atomic mass is 10.1. The van der Waals surface area contributed by atoms with E-state index in [0.29, 0.717) is 26.2 Å². The van der Waals surface area contributed by atoms with E-state index in [0.717, 1.165) is 40.0 Å². The van der Waals surface area contributed by atoms with Crippen molar-refractivity contribution in [2.24, 2.45) is 0 Å². The number of imidazole rings is 1. The lowest BCUT2D eigenvalue weighted by Crippen LogP contribution is -2.38. The van der Waals surface area contributed by atoms with E-state index in [1.54, 1.807) is 20.2 Å². The third kappa shape index (κ3) is 2.81. The van der Waals surface area contributed by atoms with Crippen molar-refractivity contribution < 1.29 is 4.79 Å². The summed E-state index contributed by atoms with van der Waals surface area (Å²) in [6.07, 6.45) is 2.55. The number of carbonyl (C=O) groups excluding carboxylic acids is 1. The molecule has 1 aliphatic heterocycles. The molecule has 2 aromatic heterocycles. The highest BCUT2D eigenvalue weighted by molar-refractivity contribution is 5.93. The van der Waals surface area contributed by atoms with Crippen LogP contribution in [0.4, 0.5) is 10.5 Å². The van der Waals surface area contributed by atoms with E-state index in [1.165, 1.54) is 0 Å². The first-order valence-electron chi connectivity index (χ1n) is 9.34. The Morgan fingerprint density at radius 1 is 1.22 bits per heavy atom. The van der Waals surface area contributed by atoms with Gasteiger partial charge in [0, 0.05) is 43.0 Å². The maximum atomic E-state index is 12.8. The highest BCUT2D eigenvalue weighted by Crippen LogP contribution is 2.25. The number of hydrogen-bond donors (Lipinski definition) is 2. The zero-order chi connectivity index (χ0) is 19.1. The molecular weight excluding hydrogens is 344 g/mol. The fraction of sp³-hybridized carbons (Fsp3) is 0.421. The summed E-state index contributed by atoms with van der Waals surface area (Å²) in [4.78, 5) is 27.1. The molecule has 3 aromatic rings. The molecule has 0 atom stereocenters. The van der Waals surface area contributed by atoms with Crippen molar-refractivity contribution in [2.75, 3.05) is 11.9 Å². The number of aromatic amines is 1. The number of H-pyrrole nitrogens is 1. The molecule has 0 bridgehead atoms. The van der Waals surface area contributed by atoms with Gasteiger partial charge >= 0.3 is 11.7 Å². The largest absolute Gasteiger partial charge is 0.329 e. The minimum atomic E-state index is -0.135.